The number of fused-ring (bicyclic) bond motifs is 4. The summed E-state index contributed by atoms with van der Waals surface area (Å²) < 4.78 is 57.9. The molecule has 2 heterocycles. The Morgan fingerprint density at radius 3 is 2.74 bits per heavy atom. The first-order chi connectivity index (χ1) is 16.1. The second kappa shape index (κ2) is 8.83. The highest BCUT2D eigenvalue weighted by Gasteiger charge is 2.60. The molecule has 2 aliphatic rings. The molecule has 0 spiro atoms. The van der Waals surface area contributed by atoms with E-state index < -0.39 is 35.4 Å². The van der Waals surface area contributed by atoms with Gasteiger partial charge >= 0.3 is 12.1 Å². The van der Waals surface area contributed by atoms with Crippen LogP contribution in [-0.4, -0.2) is 30.0 Å². The van der Waals surface area contributed by atoms with Crippen LogP contribution >= 0.6 is 12.2 Å². The smallest absolute Gasteiger partial charge is 0.416 e. The first kappa shape index (κ1) is 23.9. The second-order valence-corrected chi connectivity index (χ2v) is 8.36. The van der Waals surface area contributed by atoms with Gasteiger partial charge in [0.2, 0.25) is 5.72 Å². The SMILES string of the molecule is C=CCOC(=O)[C@H]1[C@H]2NC(=S)N(c3cccc(C(F)(F)F)c3)[C@@]1(C)Oc1c(OCC)cccc12. The monoisotopic (exact) mass is 492 g/mol. The Hall–Kier alpha value is -3.27. The van der Waals surface area contributed by atoms with E-state index in [0.717, 1.165) is 12.1 Å². The molecule has 4 rings (SSSR count). The van der Waals surface area contributed by atoms with Gasteiger partial charge in [0.15, 0.2) is 16.6 Å². The number of carbonyl (C=O) groups excluding carboxylic acids is 1. The number of alkyl halides is 3. The number of esters is 1. The molecule has 6 nitrogen and oxygen atoms in total. The van der Waals surface area contributed by atoms with Gasteiger partial charge in [0.05, 0.1) is 18.2 Å². The van der Waals surface area contributed by atoms with Crippen molar-refractivity contribution in [2.75, 3.05) is 18.1 Å². The number of carbonyl (C=O) groups is 1. The van der Waals surface area contributed by atoms with Crippen LogP contribution in [-0.2, 0) is 15.7 Å². The Bertz CT molecular complexity index is 1140. The van der Waals surface area contributed by atoms with Crippen LogP contribution < -0.4 is 19.7 Å². The number of anilines is 1. The highest BCUT2D eigenvalue weighted by atomic mass is 32.1. The lowest BCUT2D eigenvalue weighted by Gasteiger charge is -2.55. The summed E-state index contributed by atoms with van der Waals surface area (Å²) in [6.07, 6.45) is -3.13. The standard InChI is InChI=1S/C24H23F3N2O4S/c1-4-12-32-21(30)18-19-16-10-7-11-17(31-5-2)20(16)33-23(18,3)29(22(34)28-19)15-9-6-8-14(13-15)24(25,26)27/h4,6-11,13,18-19H,1,5,12H2,2-3H3,(H,28,34)/t18-,19+,23+/m1/s1. The fourth-order valence-electron chi connectivity index (χ4n) is 4.44. The average molecular weight is 493 g/mol. The predicted octanol–water partition coefficient (Wildman–Crippen LogP) is 4.99. The van der Waals surface area contributed by atoms with Gasteiger partial charge in [-0.1, -0.05) is 30.9 Å². The maximum absolute atomic E-state index is 13.5. The number of nitrogens with one attached hydrogen (secondary N) is 1. The zero-order valence-electron chi connectivity index (χ0n) is 18.5. The number of ether oxygens (including phenoxy) is 3. The minimum Gasteiger partial charge on any atom is -0.490 e. The van der Waals surface area contributed by atoms with E-state index in [-0.39, 0.29) is 17.4 Å². The normalized spacial score (nSPS) is 23.3. The molecule has 3 atom stereocenters. The number of hydrogen-bond acceptors (Lipinski definition) is 5. The van der Waals surface area contributed by atoms with Crippen molar-refractivity contribution >= 4 is 29.0 Å². The molecule has 0 saturated carbocycles. The van der Waals surface area contributed by atoms with E-state index in [9.17, 15) is 18.0 Å². The molecule has 1 saturated heterocycles. The number of thiocarbonyl (C=S) groups is 1. The van der Waals surface area contributed by atoms with Gasteiger partial charge in [0, 0.05) is 11.3 Å². The third-order valence-electron chi connectivity index (χ3n) is 5.82. The Morgan fingerprint density at radius 1 is 1.32 bits per heavy atom. The number of benzene rings is 2. The summed E-state index contributed by atoms with van der Waals surface area (Å²) >= 11 is 5.57. The summed E-state index contributed by atoms with van der Waals surface area (Å²) in [4.78, 5) is 14.6. The highest BCUT2D eigenvalue weighted by Crippen LogP contribution is 2.52. The van der Waals surface area contributed by atoms with Gasteiger partial charge in [-0.3, -0.25) is 9.69 Å². The lowest BCUT2D eigenvalue weighted by atomic mass is 9.79. The minimum absolute atomic E-state index is 0.0298. The molecule has 2 aliphatic heterocycles. The van der Waals surface area contributed by atoms with Gasteiger partial charge in [-0.2, -0.15) is 13.2 Å². The van der Waals surface area contributed by atoms with Crippen LogP contribution in [0, 0.1) is 5.92 Å². The third-order valence-corrected chi connectivity index (χ3v) is 6.12. The molecule has 2 bridgehead atoms. The number of rotatable bonds is 6. The largest absolute Gasteiger partial charge is 0.490 e. The molecule has 2 aromatic rings. The van der Waals surface area contributed by atoms with E-state index in [1.807, 2.05) is 6.92 Å². The van der Waals surface area contributed by atoms with Crippen LogP contribution in [0.1, 0.15) is 31.0 Å². The summed E-state index contributed by atoms with van der Waals surface area (Å²) in [7, 11) is 0. The zero-order valence-corrected chi connectivity index (χ0v) is 19.3. The van der Waals surface area contributed by atoms with E-state index in [1.165, 1.54) is 23.1 Å². The summed E-state index contributed by atoms with van der Waals surface area (Å²) in [5.74, 6) is -0.741. The lowest BCUT2D eigenvalue weighted by Crippen LogP contribution is -2.71. The average Bonchev–Trinajstić information content (AvgIpc) is 2.77. The van der Waals surface area contributed by atoms with E-state index in [0.29, 0.717) is 23.7 Å². The summed E-state index contributed by atoms with van der Waals surface area (Å²) in [5, 5.41) is 3.24. The Labute approximate surface area is 200 Å². The van der Waals surface area contributed by atoms with Crippen LogP contribution in [0.2, 0.25) is 0 Å². The highest BCUT2D eigenvalue weighted by molar-refractivity contribution is 7.80. The van der Waals surface area contributed by atoms with Gasteiger partial charge in [-0.15, -0.1) is 0 Å². The molecular formula is C24H23F3N2O4S. The molecule has 0 radical (unpaired) electrons. The molecule has 10 heteroatoms. The number of para-hydroxylation sites is 1. The molecule has 1 N–H and O–H groups in total. The lowest BCUT2D eigenvalue weighted by molar-refractivity contribution is -0.159. The topological polar surface area (TPSA) is 60.0 Å². The zero-order chi connectivity index (χ0) is 24.7. The van der Waals surface area contributed by atoms with Crippen molar-refractivity contribution in [1.82, 2.24) is 5.32 Å². The van der Waals surface area contributed by atoms with Crippen molar-refractivity contribution in [2.24, 2.45) is 5.92 Å². The first-order valence-corrected chi connectivity index (χ1v) is 11.0. The fraction of sp³-hybridized carbons (Fsp3) is 0.333. The maximum atomic E-state index is 13.5. The Morgan fingerprint density at radius 2 is 2.06 bits per heavy atom. The molecule has 0 unspecified atom stereocenters. The van der Waals surface area contributed by atoms with Gasteiger partial charge in [0.1, 0.15) is 12.5 Å². The van der Waals surface area contributed by atoms with Gasteiger partial charge in [0.25, 0.3) is 0 Å². The third kappa shape index (κ3) is 3.96. The van der Waals surface area contributed by atoms with E-state index in [1.54, 1.807) is 25.1 Å². The molecule has 0 amide bonds. The maximum Gasteiger partial charge on any atom is 0.416 e. The van der Waals surface area contributed by atoms with Crippen LogP contribution in [0.4, 0.5) is 18.9 Å². The van der Waals surface area contributed by atoms with Gasteiger partial charge in [-0.25, -0.2) is 0 Å². The fourth-order valence-corrected chi connectivity index (χ4v) is 4.85. The Balaban J connectivity index is 1.89. The van der Waals surface area contributed by atoms with Crippen molar-refractivity contribution in [3.8, 4) is 11.5 Å². The molecular weight excluding hydrogens is 469 g/mol. The molecule has 2 aromatic carbocycles. The predicted molar refractivity (Wildman–Crippen MR) is 124 cm³/mol. The second-order valence-electron chi connectivity index (χ2n) is 7.97. The van der Waals surface area contributed by atoms with E-state index >= 15 is 0 Å². The van der Waals surface area contributed by atoms with Crippen LogP contribution in [0.3, 0.4) is 0 Å². The van der Waals surface area contributed by atoms with Crippen molar-refractivity contribution in [3.63, 3.8) is 0 Å². The summed E-state index contributed by atoms with van der Waals surface area (Å²) in [5.41, 5.74) is -1.62. The number of hydrogen-bond donors (Lipinski definition) is 1. The summed E-state index contributed by atoms with van der Waals surface area (Å²) in [6.45, 7) is 7.34. The van der Waals surface area contributed by atoms with E-state index in [4.69, 9.17) is 26.4 Å². The van der Waals surface area contributed by atoms with Crippen LogP contribution in [0.25, 0.3) is 0 Å². The van der Waals surface area contributed by atoms with Crippen LogP contribution in [0.15, 0.2) is 55.1 Å². The molecule has 0 aromatic heterocycles. The van der Waals surface area contributed by atoms with Crippen molar-refractivity contribution < 1.29 is 32.2 Å². The van der Waals surface area contributed by atoms with E-state index in [2.05, 4.69) is 11.9 Å². The summed E-state index contributed by atoms with van der Waals surface area (Å²) in [6, 6.07) is 9.33. The van der Waals surface area contributed by atoms with Crippen molar-refractivity contribution in [3.05, 3.63) is 66.2 Å². The minimum atomic E-state index is -4.56. The molecule has 1 fully saturated rings. The number of halogens is 3. The molecule has 180 valence electrons. The quantitative estimate of drug-likeness (QED) is 0.346. The number of nitrogens with zero attached hydrogens (tertiary/aromatic N) is 1. The first-order valence-electron chi connectivity index (χ1n) is 10.6. The molecule has 0 aliphatic carbocycles. The Kier molecular flexibility index (Phi) is 6.20. The van der Waals surface area contributed by atoms with Crippen LogP contribution in [0.5, 0.6) is 11.5 Å². The van der Waals surface area contributed by atoms with Crippen molar-refractivity contribution in [2.45, 2.75) is 31.8 Å². The molecule has 34 heavy (non-hydrogen) atoms. The van der Waals surface area contributed by atoms with Crippen molar-refractivity contribution in [1.29, 1.82) is 0 Å². The van der Waals surface area contributed by atoms with Gasteiger partial charge < -0.3 is 19.5 Å². The van der Waals surface area contributed by atoms with Gasteiger partial charge in [-0.05, 0) is 50.3 Å².